The predicted molar refractivity (Wildman–Crippen MR) is 41.1 cm³/mol. The fraction of sp³-hybridized carbons (Fsp3) is 0.571. The second-order valence-electron chi connectivity index (χ2n) is 1.67. The zero-order valence-corrected chi connectivity index (χ0v) is 6.94. The van der Waals surface area contributed by atoms with Crippen molar-refractivity contribution in [3.63, 3.8) is 0 Å². The van der Waals surface area contributed by atoms with Crippen molar-refractivity contribution in [1.82, 2.24) is 0 Å². The molecule has 0 N–H and O–H groups in total. The Bertz CT molecular complexity index is 141. The Balaban J connectivity index is 3.91. The summed E-state index contributed by atoms with van der Waals surface area (Å²) in [4.78, 5) is 10.8. The van der Waals surface area contributed by atoms with Crippen LogP contribution in [0.5, 0.6) is 0 Å². The van der Waals surface area contributed by atoms with Gasteiger partial charge in [0.25, 0.3) is 0 Å². The quantitative estimate of drug-likeness (QED) is 0.359. The van der Waals surface area contributed by atoms with Gasteiger partial charge in [-0.2, -0.15) is 0 Å². The van der Waals surface area contributed by atoms with E-state index in [1.807, 2.05) is 0 Å². The number of ether oxygens (including phenoxy) is 1. The maximum atomic E-state index is 10.8. The van der Waals surface area contributed by atoms with Gasteiger partial charge in [0.15, 0.2) is 0 Å². The summed E-state index contributed by atoms with van der Waals surface area (Å²) >= 11 is 5.43. The highest BCUT2D eigenvalue weighted by Gasteiger charge is 2.05. The number of hydrogen-bond acceptors (Lipinski definition) is 2. The third kappa shape index (κ3) is 2.87. The highest BCUT2D eigenvalue weighted by atomic mass is 35.5. The first kappa shape index (κ1) is 9.50. The summed E-state index contributed by atoms with van der Waals surface area (Å²) in [6.07, 6.45) is 1.66. The summed E-state index contributed by atoms with van der Waals surface area (Å²) in [5.41, 5.74) is 0.517. The first-order chi connectivity index (χ1) is 4.76. The topological polar surface area (TPSA) is 26.3 Å². The lowest BCUT2D eigenvalue weighted by Gasteiger charge is -2.00. The van der Waals surface area contributed by atoms with Crippen molar-refractivity contribution in [2.45, 2.75) is 13.8 Å². The van der Waals surface area contributed by atoms with Gasteiger partial charge in [-0.25, -0.2) is 4.79 Å². The minimum Gasteiger partial charge on any atom is -0.463 e. The second kappa shape index (κ2) is 5.30. The summed E-state index contributed by atoms with van der Waals surface area (Å²) in [5.74, 6) is -0.102. The lowest BCUT2D eigenvalue weighted by molar-refractivity contribution is -0.138. The average molecular weight is 163 g/mol. The zero-order valence-electron chi connectivity index (χ0n) is 6.19. The molecule has 0 radical (unpaired) electrons. The molecule has 0 bridgehead atoms. The first-order valence-corrected chi connectivity index (χ1v) is 3.68. The van der Waals surface area contributed by atoms with Gasteiger partial charge < -0.3 is 4.74 Å². The number of halogens is 1. The molecule has 58 valence electrons. The molecule has 0 aromatic rings. The number of carbonyl (C=O) groups is 1. The average Bonchev–Trinajstić information content (AvgIpc) is 1.91. The molecule has 0 atom stereocenters. The van der Waals surface area contributed by atoms with Gasteiger partial charge in [0.1, 0.15) is 0 Å². The predicted octanol–water partition coefficient (Wildman–Crippen LogP) is 1.73. The molecule has 0 saturated heterocycles. The number of hydrogen-bond donors (Lipinski definition) is 0. The Hall–Kier alpha value is -0.500. The van der Waals surface area contributed by atoms with Crippen LogP contribution in [0.2, 0.25) is 0 Å². The Morgan fingerprint density at radius 3 is 2.60 bits per heavy atom. The van der Waals surface area contributed by atoms with Crippen LogP contribution in [-0.2, 0) is 9.53 Å². The van der Waals surface area contributed by atoms with Gasteiger partial charge >= 0.3 is 5.97 Å². The Kier molecular flexibility index (Phi) is 5.03. The lowest BCUT2D eigenvalue weighted by atomic mass is 10.3. The fourth-order valence-corrected chi connectivity index (χ4v) is 0.737. The lowest BCUT2D eigenvalue weighted by Crippen LogP contribution is -2.08. The Morgan fingerprint density at radius 2 is 2.30 bits per heavy atom. The molecule has 2 nitrogen and oxygen atoms in total. The summed E-state index contributed by atoms with van der Waals surface area (Å²) in [5, 5.41) is 0. The maximum absolute atomic E-state index is 10.8. The molecule has 0 rings (SSSR count). The summed E-state index contributed by atoms with van der Waals surface area (Å²) in [7, 11) is 0. The van der Waals surface area contributed by atoms with Crippen molar-refractivity contribution in [2.24, 2.45) is 0 Å². The van der Waals surface area contributed by atoms with Crippen LogP contribution in [0, 0.1) is 0 Å². The molecule has 0 amide bonds. The molecule has 0 aliphatic rings. The number of allylic oxidation sites excluding steroid dienone is 1. The smallest absolute Gasteiger partial charge is 0.334 e. The van der Waals surface area contributed by atoms with Gasteiger partial charge in [0.2, 0.25) is 0 Å². The molecular weight excluding hydrogens is 152 g/mol. The highest BCUT2D eigenvalue weighted by Crippen LogP contribution is 1.99. The van der Waals surface area contributed by atoms with E-state index in [0.29, 0.717) is 12.2 Å². The minimum absolute atomic E-state index is 0.218. The molecule has 0 fully saturated rings. The van der Waals surface area contributed by atoms with Gasteiger partial charge in [-0.3, -0.25) is 0 Å². The molecule has 0 spiro atoms. The van der Waals surface area contributed by atoms with Crippen molar-refractivity contribution in [3.8, 4) is 0 Å². The van der Waals surface area contributed by atoms with Crippen LogP contribution in [0.15, 0.2) is 11.6 Å². The van der Waals surface area contributed by atoms with Crippen LogP contribution in [-0.4, -0.2) is 18.5 Å². The van der Waals surface area contributed by atoms with Gasteiger partial charge in [0, 0.05) is 5.57 Å². The Labute approximate surface area is 65.8 Å². The number of rotatable bonds is 3. The van der Waals surface area contributed by atoms with Crippen molar-refractivity contribution in [1.29, 1.82) is 0 Å². The summed E-state index contributed by atoms with van der Waals surface area (Å²) in [6.45, 7) is 3.92. The van der Waals surface area contributed by atoms with E-state index in [-0.39, 0.29) is 11.8 Å². The first-order valence-electron chi connectivity index (χ1n) is 3.14. The molecule has 10 heavy (non-hydrogen) atoms. The van der Waals surface area contributed by atoms with Gasteiger partial charge in [-0.05, 0) is 13.8 Å². The van der Waals surface area contributed by atoms with E-state index in [4.69, 9.17) is 16.3 Å². The van der Waals surface area contributed by atoms with E-state index < -0.39 is 0 Å². The molecular formula is C7H11ClO2. The van der Waals surface area contributed by atoms with E-state index >= 15 is 0 Å². The monoisotopic (exact) mass is 162 g/mol. The second-order valence-corrected chi connectivity index (χ2v) is 1.94. The maximum Gasteiger partial charge on any atom is 0.334 e. The van der Waals surface area contributed by atoms with Crippen molar-refractivity contribution >= 4 is 17.6 Å². The molecule has 0 unspecified atom stereocenters. The van der Waals surface area contributed by atoms with Crippen LogP contribution >= 0.6 is 11.6 Å². The van der Waals surface area contributed by atoms with Gasteiger partial charge in [0.05, 0.1) is 12.5 Å². The van der Waals surface area contributed by atoms with E-state index in [2.05, 4.69) is 0 Å². The van der Waals surface area contributed by atoms with Crippen LogP contribution in [0.3, 0.4) is 0 Å². The van der Waals surface area contributed by atoms with Crippen molar-refractivity contribution < 1.29 is 9.53 Å². The van der Waals surface area contributed by atoms with Crippen LogP contribution in [0.4, 0.5) is 0 Å². The zero-order chi connectivity index (χ0) is 7.98. The van der Waals surface area contributed by atoms with E-state index in [1.54, 1.807) is 19.9 Å². The number of carbonyl (C=O) groups excluding carboxylic acids is 1. The van der Waals surface area contributed by atoms with Crippen molar-refractivity contribution in [2.75, 3.05) is 12.5 Å². The molecule has 0 saturated carbocycles. The number of esters is 1. The van der Waals surface area contributed by atoms with Gasteiger partial charge in [-0.1, -0.05) is 6.08 Å². The van der Waals surface area contributed by atoms with Crippen LogP contribution < -0.4 is 0 Å². The van der Waals surface area contributed by atoms with Gasteiger partial charge in [-0.15, -0.1) is 11.6 Å². The third-order valence-corrected chi connectivity index (χ3v) is 1.32. The Morgan fingerprint density at radius 1 is 1.70 bits per heavy atom. The van der Waals surface area contributed by atoms with E-state index in [0.717, 1.165) is 0 Å². The number of alkyl halides is 1. The highest BCUT2D eigenvalue weighted by molar-refractivity contribution is 6.22. The third-order valence-electron chi connectivity index (χ3n) is 1.03. The SMILES string of the molecule is C/C=C(\CCl)C(=O)OCC. The fourth-order valence-electron chi connectivity index (χ4n) is 0.473. The molecule has 0 aliphatic heterocycles. The molecule has 3 heteroatoms. The van der Waals surface area contributed by atoms with Crippen molar-refractivity contribution in [3.05, 3.63) is 11.6 Å². The van der Waals surface area contributed by atoms with Crippen LogP contribution in [0.1, 0.15) is 13.8 Å². The standard InChI is InChI=1S/C7H11ClO2/c1-3-6(5-8)7(9)10-4-2/h3H,4-5H2,1-2H3/b6-3+. The molecule has 0 aromatic carbocycles. The van der Waals surface area contributed by atoms with E-state index in [9.17, 15) is 4.79 Å². The van der Waals surface area contributed by atoms with E-state index in [1.165, 1.54) is 0 Å². The van der Waals surface area contributed by atoms with Crippen LogP contribution in [0.25, 0.3) is 0 Å². The summed E-state index contributed by atoms with van der Waals surface area (Å²) in [6, 6.07) is 0. The normalized spacial score (nSPS) is 11.3. The minimum atomic E-state index is -0.319. The molecule has 0 aliphatic carbocycles. The molecule has 0 heterocycles. The molecule has 0 aromatic heterocycles. The summed E-state index contributed by atoms with van der Waals surface area (Å²) < 4.78 is 4.69. The largest absolute Gasteiger partial charge is 0.463 e.